The fraction of sp³-hybridized carbons (Fsp3) is 0.571. The Labute approximate surface area is 127 Å². The molecule has 2 heterocycles. The van der Waals surface area contributed by atoms with Gasteiger partial charge in [0.25, 0.3) is 0 Å². The lowest BCUT2D eigenvalue weighted by molar-refractivity contribution is 0.137. The van der Waals surface area contributed by atoms with Gasteiger partial charge in [0.2, 0.25) is 0 Å². The van der Waals surface area contributed by atoms with Crippen molar-refractivity contribution in [3.8, 4) is 0 Å². The van der Waals surface area contributed by atoms with Crippen LogP contribution in [-0.2, 0) is 6.54 Å². The van der Waals surface area contributed by atoms with Crippen molar-refractivity contribution in [1.82, 2.24) is 4.90 Å². The molecule has 1 aromatic rings. The highest BCUT2D eigenvalue weighted by atomic mass is 79.9. The second-order valence-electron chi connectivity index (χ2n) is 5.33. The monoisotopic (exact) mass is 347 g/mol. The number of fused-ring (bicyclic) bond motifs is 2. The van der Waals surface area contributed by atoms with Crippen molar-refractivity contribution in [1.29, 1.82) is 0 Å². The van der Waals surface area contributed by atoms with Gasteiger partial charge in [-0.1, -0.05) is 45.2 Å². The van der Waals surface area contributed by atoms with Gasteiger partial charge in [-0.2, -0.15) is 0 Å². The molecule has 0 amide bonds. The lowest BCUT2D eigenvalue weighted by atomic mass is 10.0. The van der Waals surface area contributed by atoms with Gasteiger partial charge in [-0.15, -0.1) is 0 Å². The number of nitrogens with zero attached hydrogens (tertiary/aromatic N) is 1. The second-order valence-corrected chi connectivity index (χ2v) is 7.44. The minimum absolute atomic E-state index is 0.688. The van der Waals surface area contributed by atoms with Gasteiger partial charge in [0.1, 0.15) is 0 Å². The van der Waals surface area contributed by atoms with Gasteiger partial charge in [0.15, 0.2) is 0 Å². The molecule has 0 spiro atoms. The van der Waals surface area contributed by atoms with E-state index in [1.165, 1.54) is 25.7 Å². The lowest BCUT2D eigenvalue weighted by Gasteiger charge is -2.37. The molecular weight excluding hydrogens is 333 g/mol. The Bertz CT molecular complexity index is 417. The van der Waals surface area contributed by atoms with Gasteiger partial charge in [0.05, 0.1) is 0 Å². The first-order valence-electron chi connectivity index (χ1n) is 6.48. The lowest BCUT2D eigenvalue weighted by Crippen LogP contribution is -2.42. The Morgan fingerprint density at radius 2 is 1.67 bits per heavy atom. The van der Waals surface area contributed by atoms with E-state index in [1.807, 2.05) is 18.2 Å². The average molecular weight is 349 g/mol. The summed E-state index contributed by atoms with van der Waals surface area (Å²) in [5.74, 6) is 0. The molecule has 2 unspecified atom stereocenters. The first-order chi connectivity index (χ1) is 8.65. The standard InChI is InChI=1S/C14H16BrCl2N/c15-9-6-10-4-5-11(7-9)18(10)8-12-13(16)2-1-3-14(12)17/h1-3,9-11H,4-8H2. The maximum atomic E-state index is 6.27. The third-order valence-electron chi connectivity index (χ3n) is 4.23. The van der Waals surface area contributed by atoms with Gasteiger partial charge in [-0.3, -0.25) is 4.90 Å². The van der Waals surface area contributed by atoms with E-state index >= 15 is 0 Å². The van der Waals surface area contributed by atoms with Crippen molar-refractivity contribution in [2.24, 2.45) is 0 Å². The van der Waals surface area contributed by atoms with Crippen LogP contribution in [0.1, 0.15) is 31.2 Å². The molecule has 4 heteroatoms. The fourth-order valence-electron chi connectivity index (χ4n) is 3.33. The Balaban J connectivity index is 1.81. The largest absolute Gasteiger partial charge is 0.293 e. The maximum Gasteiger partial charge on any atom is 0.0465 e. The van der Waals surface area contributed by atoms with E-state index in [4.69, 9.17) is 23.2 Å². The molecule has 2 aliphatic rings. The number of hydrogen-bond donors (Lipinski definition) is 0. The molecule has 1 nitrogen and oxygen atoms in total. The zero-order valence-corrected chi connectivity index (χ0v) is 13.2. The van der Waals surface area contributed by atoms with Crippen LogP contribution in [0.4, 0.5) is 0 Å². The molecule has 2 bridgehead atoms. The third kappa shape index (κ3) is 2.45. The summed E-state index contributed by atoms with van der Waals surface area (Å²) in [6.07, 6.45) is 5.13. The summed E-state index contributed by atoms with van der Waals surface area (Å²) in [5.41, 5.74) is 1.09. The SMILES string of the molecule is Clc1cccc(Cl)c1CN1C2CCC1CC(Br)C2. The summed E-state index contributed by atoms with van der Waals surface area (Å²) >= 11 is 16.3. The van der Waals surface area contributed by atoms with Crippen molar-refractivity contribution in [3.63, 3.8) is 0 Å². The van der Waals surface area contributed by atoms with Crippen LogP contribution in [0.3, 0.4) is 0 Å². The van der Waals surface area contributed by atoms with Crippen molar-refractivity contribution in [3.05, 3.63) is 33.8 Å². The van der Waals surface area contributed by atoms with E-state index in [0.717, 1.165) is 22.2 Å². The molecule has 18 heavy (non-hydrogen) atoms. The van der Waals surface area contributed by atoms with E-state index in [-0.39, 0.29) is 0 Å². The highest BCUT2D eigenvalue weighted by Crippen LogP contribution is 2.40. The predicted octanol–water partition coefficient (Wildman–Crippen LogP) is 4.88. The number of halogens is 3. The van der Waals surface area contributed by atoms with E-state index in [9.17, 15) is 0 Å². The first-order valence-corrected chi connectivity index (χ1v) is 8.15. The molecule has 0 aromatic heterocycles. The van der Waals surface area contributed by atoms with Gasteiger partial charge < -0.3 is 0 Å². The highest BCUT2D eigenvalue weighted by molar-refractivity contribution is 9.09. The highest BCUT2D eigenvalue weighted by Gasteiger charge is 2.40. The first kappa shape index (κ1) is 13.2. The van der Waals surface area contributed by atoms with Crippen LogP contribution in [0, 0.1) is 0 Å². The molecule has 3 rings (SSSR count). The van der Waals surface area contributed by atoms with E-state index in [1.54, 1.807) is 0 Å². The van der Waals surface area contributed by atoms with Crippen molar-refractivity contribution < 1.29 is 0 Å². The van der Waals surface area contributed by atoms with Crippen LogP contribution >= 0.6 is 39.1 Å². The van der Waals surface area contributed by atoms with Crippen LogP contribution in [0.15, 0.2) is 18.2 Å². The zero-order valence-electron chi connectivity index (χ0n) is 10.1. The minimum Gasteiger partial charge on any atom is -0.293 e. The van der Waals surface area contributed by atoms with Gasteiger partial charge in [-0.05, 0) is 37.8 Å². The summed E-state index contributed by atoms with van der Waals surface area (Å²) in [6.45, 7) is 0.896. The molecule has 0 N–H and O–H groups in total. The normalized spacial score (nSPS) is 31.8. The molecule has 0 saturated carbocycles. The van der Waals surface area contributed by atoms with Crippen LogP contribution in [0.25, 0.3) is 0 Å². The van der Waals surface area contributed by atoms with Crippen LogP contribution in [0.2, 0.25) is 10.0 Å². The predicted molar refractivity (Wildman–Crippen MR) is 80.8 cm³/mol. The number of rotatable bonds is 2. The Kier molecular flexibility index (Phi) is 3.91. The summed E-state index contributed by atoms with van der Waals surface area (Å²) in [5, 5.41) is 1.59. The Morgan fingerprint density at radius 1 is 1.11 bits per heavy atom. The molecule has 2 aliphatic heterocycles. The quantitative estimate of drug-likeness (QED) is 0.688. The summed E-state index contributed by atoms with van der Waals surface area (Å²) in [4.78, 5) is 3.29. The number of hydrogen-bond acceptors (Lipinski definition) is 1. The van der Waals surface area contributed by atoms with Crippen molar-refractivity contribution in [2.75, 3.05) is 0 Å². The molecular formula is C14H16BrCl2N. The van der Waals surface area contributed by atoms with Crippen LogP contribution < -0.4 is 0 Å². The summed E-state index contributed by atoms with van der Waals surface area (Å²) in [7, 11) is 0. The zero-order chi connectivity index (χ0) is 12.7. The third-order valence-corrected chi connectivity index (χ3v) is 5.69. The van der Waals surface area contributed by atoms with Crippen LogP contribution in [-0.4, -0.2) is 21.8 Å². The molecule has 1 aromatic carbocycles. The summed E-state index contributed by atoms with van der Waals surface area (Å²) in [6, 6.07) is 7.16. The van der Waals surface area contributed by atoms with E-state index in [2.05, 4.69) is 20.8 Å². The van der Waals surface area contributed by atoms with Gasteiger partial charge in [0, 0.05) is 39.1 Å². The number of benzene rings is 1. The minimum atomic E-state index is 0.688. The molecule has 98 valence electrons. The number of alkyl halides is 1. The smallest absolute Gasteiger partial charge is 0.0465 e. The topological polar surface area (TPSA) is 3.24 Å². The molecule has 2 atom stereocenters. The van der Waals surface area contributed by atoms with E-state index < -0.39 is 0 Å². The van der Waals surface area contributed by atoms with Gasteiger partial charge in [-0.25, -0.2) is 0 Å². The Hall–Kier alpha value is 0.240. The average Bonchev–Trinajstić information content (AvgIpc) is 2.56. The van der Waals surface area contributed by atoms with Crippen molar-refractivity contribution >= 4 is 39.1 Å². The molecule has 0 radical (unpaired) electrons. The van der Waals surface area contributed by atoms with Crippen LogP contribution in [0.5, 0.6) is 0 Å². The molecule has 2 saturated heterocycles. The van der Waals surface area contributed by atoms with E-state index in [0.29, 0.717) is 16.9 Å². The van der Waals surface area contributed by atoms with Crippen molar-refractivity contribution in [2.45, 2.75) is 49.1 Å². The number of piperidine rings is 1. The molecule has 2 fully saturated rings. The fourth-order valence-corrected chi connectivity index (χ4v) is 4.71. The van der Waals surface area contributed by atoms with Gasteiger partial charge >= 0.3 is 0 Å². The maximum absolute atomic E-state index is 6.27. The second kappa shape index (κ2) is 5.32. The summed E-state index contributed by atoms with van der Waals surface area (Å²) < 4.78 is 0. The Morgan fingerprint density at radius 3 is 2.22 bits per heavy atom. The molecule has 0 aliphatic carbocycles.